The third-order valence-electron chi connectivity index (χ3n) is 3.64. The molecule has 4 aromatic rings. The average Bonchev–Trinajstić information content (AvgIpc) is 3.28. The first-order chi connectivity index (χ1) is 11.8. The van der Waals surface area contributed by atoms with E-state index < -0.39 is 6.86 Å². The number of pyridine rings is 1. The largest absolute Gasteiger partial charge is 0.463 e. The molecule has 0 aliphatic heterocycles. The van der Waals surface area contributed by atoms with Crippen molar-refractivity contribution in [1.82, 2.24) is 30.2 Å². The highest BCUT2D eigenvalue weighted by atomic mass is 19.1. The second kappa shape index (κ2) is 5.61. The summed E-state index contributed by atoms with van der Waals surface area (Å²) in [6.45, 7) is -0.907. The molecule has 0 spiro atoms. The van der Waals surface area contributed by atoms with Crippen molar-refractivity contribution < 1.29 is 9.13 Å². The number of H-pyrrole nitrogens is 2. The standard InChI is InChI=1S/C15H11FN6O2/c16-8-24-11-3-1-10(2-4-11)22-7-12(9-5-17-18-6-9)13-14(15(22)23)20-21-19-13/h1-7H,8H2,(H,17,18)(H,19,20,21). The van der Waals surface area contributed by atoms with Gasteiger partial charge in [-0.2, -0.15) is 5.10 Å². The van der Waals surface area contributed by atoms with E-state index in [4.69, 9.17) is 4.74 Å². The van der Waals surface area contributed by atoms with Crippen molar-refractivity contribution in [1.29, 1.82) is 0 Å². The number of nitrogens with zero attached hydrogens (tertiary/aromatic N) is 4. The molecule has 0 aliphatic carbocycles. The lowest BCUT2D eigenvalue weighted by Crippen LogP contribution is -2.18. The quantitative estimate of drug-likeness (QED) is 0.595. The number of fused-ring (bicyclic) bond motifs is 1. The molecule has 0 radical (unpaired) electrons. The number of hydrogen-bond donors (Lipinski definition) is 2. The van der Waals surface area contributed by atoms with Gasteiger partial charge in [-0.1, -0.05) is 5.21 Å². The number of hydrogen-bond acceptors (Lipinski definition) is 5. The van der Waals surface area contributed by atoms with Gasteiger partial charge in [0.2, 0.25) is 6.86 Å². The Balaban J connectivity index is 1.92. The van der Waals surface area contributed by atoms with Gasteiger partial charge in [-0.25, -0.2) is 4.39 Å². The Morgan fingerprint density at radius 3 is 2.79 bits per heavy atom. The normalized spacial score (nSPS) is 11.0. The molecule has 3 aromatic heterocycles. The minimum absolute atomic E-state index is 0.290. The van der Waals surface area contributed by atoms with Crippen LogP contribution in [0.15, 0.2) is 47.7 Å². The highest BCUT2D eigenvalue weighted by Gasteiger charge is 2.15. The summed E-state index contributed by atoms with van der Waals surface area (Å²) in [5.41, 5.74) is 2.55. The molecule has 0 aliphatic rings. The predicted molar refractivity (Wildman–Crippen MR) is 83.7 cm³/mol. The third kappa shape index (κ3) is 2.22. The molecule has 3 heterocycles. The van der Waals surface area contributed by atoms with Crippen molar-refractivity contribution in [2.75, 3.05) is 6.86 Å². The molecule has 1 aromatic carbocycles. The molecule has 9 heteroatoms. The van der Waals surface area contributed by atoms with Gasteiger partial charge in [-0.3, -0.25) is 19.6 Å². The number of aromatic nitrogens is 6. The highest BCUT2D eigenvalue weighted by molar-refractivity contribution is 5.90. The molecular formula is C15H11FN6O2. The molecule has 0 saturated heterocycles. The summed E-state index contributed by atoms with van der Waals surface area (Å²) in [6.07, 6.45) is 5.01. The molecule has 2 N–H and O–H groups in total. The second-order valence-electron chi connectivity index (χ2n) is 4.99. The van der Waals surface area contributed by atoms with Gasteiger partial charge in [0.1, 0.15) is 11.3 Å². The van der Waals surface area contributed by atoms with E-state index in [0.717, 1.165) is 5.56 Å². The van der Waals surface area contributed by atoms with E-state index in [9.17, 15) is 9.18 Å². The summed E-state index contributed by atoms with van der Waals surface area (Å²) in [7, 11) is 0. The van der Waals surface area contributed by atoms with E-state index in [1.807, 2.05) is 0 Å². The van der Waals surface area contributed by atoms with E-state index in [1.54, 1.807) is 42.9 Å². The molecule has 120 valence electrons. The number of rotatable bonds is 4. The minimum atomic E-state index is -0.907. The summed E-state index contributed by atoms with van der Waals surface area (Å²) in [5, 5.41) is 17.0. The topological polar surface area (TPSA) is 101 Å². The molecule has 0 saturated carbocycles. The van der Waals surface area contributed by atoms with Gasteiger partial charge in [-0.15, -0.1) is 5.10 Å². The maximum absolute atomic E-state index is 12.7. The lowest BCUT2D eigenvalue weighted by atomic mass is 10.1. The highest BCUT2D eigenvalue weighted by Crippen LogP contribution is 2.24. The Hall–Kier alpha value is -3.49. The van der Waals surface area contributed by atoms with Crippen molar-refractivity contribution in [3.8, 4) is 22.6 Å². The van der Waals surface area contributed by atoms with Gasteiger partial charge < -0.3 is 4.74 Å². The summed E-state index contributed by atoms with van der Waals surface area (Å²) in [6, 6.07) is 6.52. The first-order valence-electron chi connectivity index (χ1n) is 7.02. The zero-order valence-electron chi connectivity index (χ0n) is 12.2. The lowest BCUT2D eigenvalue weighted by molar-refractivity contribution is 0.192. The average molecular weight is 326 g/mol. The van der Waals surface area contributed by atoms with Gasteiger partial charge in [0.05, 0.1) is 6.20 Å². The molecule has 0 bridgehead atoms. The van der Waals surface area contributed by atoms with E-state index in [2.05, 4.69) is 25.6 Å². The van der Waals surface area contributed by atoms with Gasteiger partial charge >= 0.3 is 0 Å². The van der Waals surface area contributed by atoms with Crippen LogP contribution in [0.3, 0.4) is 0 Å². The van der Waals surface area contributed by atoms with Crippen molar-refractivity contribution in [2.24, 2.45) is 0 Å². The SMILES string of the molecule is O=c1c2[nH]nnc2c(-c2cn[nH]c2)cn1-c1ccc(OCF)cc1. The van der Waals surface area contributed by atoms with Gasteiger partial charge in [0.15, 0.2) is 5.52 Å². The molecule has 24 heavy (non-hydrogen) atoms. The summed E-state index contributed by atoms with van der Waals surface area (Å²) in [4.78, 5) is 12.7. The molecule has 8 nitrogen and oxygen atoms in total. The van der Waals surface area contributed by atoms with Gasteiger partial charge in [0.25, 0.3) is 5.56 Å². The lowest BCUT2D eigenvalue weighted by Gasteiger charge is -2.09. The van der Waals surface area contributed by atoms with Crippen LogP contribution < -0.4 is 10.3 Å². The van der Waals surface area contributed by atoms with Crippen LogP contribution in [-0.4, -0.2) is 37.0 Å². The number of alkyl halides is 1. The fourth-order valence-electron chi connectivity index (χ4n) is 2.50. The van der Waals surface area contributed by atoms with Crippen LogP contribution in [0.25, 0.3) is 27.8 Å². The van der Waals surface area contributed by atoms with Crippen LogP contribution in [0.1, 0.15) is 0 Å². The minimum Gasteiger partial charge on any atom is -0.463 e. The predicted octanol–water partition coefficient (Wildman–Crippen LogP) is 1.80. The smallest absolute Gasteiger partial charge is 0.282 e. The second-order valence-corrected chi connectivity index (χ2v) is 4.99. The van der Waals surface area contributed by atoms with Crippen LogP contribution in [0.5, 0.6) is 5.75 Å². The Kier molecular flexibility index (Phi) is 3.30. The number of ether oxygens (including phenoxy) is 1. The molecular weight excluding hydrogens is 315 g/mol. The first-order valence-corrected chi connectivity index (χ1v) is 7.02. The number of nitrogens with one attached hydrogen (secondary N) is 2. The summed E-state index contributed by atoms with van der Waals surface area (Å²) < 4.78 is 18.4. The van der Waals surface area contributed by atoms with Crippen molar-refractivity contribution in [3.63, 3.8) is 0 Å². The molecule has 0 unspecified atom stereocenters. The van der Waals surface area contributed by atoms with Gasteiger partial charge in [0, 0.05) is 29.2 Å². The Bertz CT molecular complexity index is 1040. The van der Waals surface area contributed by atoms with E-state index in [1.165, 1.54) is 4.57 Å². The van der Waals surface area contributed by atoms with Crippen LogP contribution >= 0.6 is 0 Å². The molecule has 0 atom stereocenters. The zero-order valence-corrected chi connectivity index (χ0v) is 12.2. The van der Waals surface area contributed by atoms with Crippen LogP contribution in [-0.2, 0) is 0 Å². The van der Waals surface area contributed by atoms with Crippen LogP contribution in [0.2, 0.25) is 0 Å². The Morgan fingerprint density at radius 1 is 1.25 bits per heavy atom. The van der Waals surface area contributed by atoms with Crippen LogP contribution in [0, 0.1) is 0 Å². The Morgan fingerprint density at radius 2 is 2.08 bits per heavy atom. The number of benzene rings is 1. The molecule has 0 fully saturated rings. The van der Waals surface area contributed by atoms with E-state index in [-0.39, 0.29) is 11.1 Å². The third-order valence-corrected chi connectivity index (χ3v) is 3.64. The molecule has 4 rings (SSSR count). The summed E-state index contributed by atoms with van der Waals surface area (Å²) in [5.74, 6) is 0.383. The maximum atomic E-state index is 12.7. The van der Waals surface area contributed by atoms with E-state index >= 15 is 0 Å². The summed E-state index contributed by atoms with van der Waals surface area (Å²) >= 11 is 0. The Labute approximate surface area is 133 Å². The fraction of sp³-hybridized carbons (Fsp3) is 0.0667. The number of halogens is 1. The maximum Gasteiger partial charge on any atom is 0.282 e. The van der Waals surface area contributed by atoms with Crippen molar-refractivity contribution >= 4 is 11.0 Å². The fourth-order valence-corrected chi connectivity index (χ4v) is 2.50. The van der Waals surface area contributed by atoms with Crippen LogP contribution in [0.4, 0.5) is 4.39 Å². The van der Waals surface area contributed by atoms with Gasteiger partial charge in [-0.05, 0) is 24.3 Å². The van der Waals surface area contributed by atoms with E-state index in [0.29, 0.717) is 22.5 Å². The zero-order chi connectivity index (χ0) is 16.5. The first kappa shape index (κ1) is 14.1. The monoisotopic (exact) mass is 326 g/mol. The molecule has 0 amide bonds. The van der Waals surface area contributed by atoms with Crippen molar-refractivity contribution in [2.45, 2.75) is 0 Å². The number of aromatic amines is 2. The van der Waals surface area contributed by atoms with Crippen molar-refractivity contribution in [3.05, 3.63) is 53.2 Å².